The van der Waals surface area contributed by atoms with Crippen molar-refractivity contribution in [3.8, 4) is 11.6 Å². The second kappa shape index (κ2) is 7.23. The van der Waals surface area contributed by atoms with Crippen LogP contribution >= 0.6 is 0 Å². The number of carbonyl (C=O) groups is 1. The number of hydrogen-bond donors (Lipinski definition) is 2. The number of H-pyrrole nitrogens is 1. The number of aromatic nitrogens is 3. The average molecular weight is 362 g/mol. The smallest absolute Gasteiger partial charge is 0.232 e. The summed E-state index contributed by atoms with van der Waals surface area (Å²) in [4.78, 5) is 17.1. The van der Waals surface area contributed by atoms with Gasteiger partial charge in [0.15, 0.2) is 0 Å². The fourth-order valence-electron chi connectivity index (χ4n) is 3.43. The Kier molecular flexibility index (Phi) is 4.62. The zero-order chi connectivity index (χ0) is 18.8. The van der Waals surface area contributed by atoms with Crippen molar-refractivity contribution in [1.82, 2.24) is 15.2 Å². The van der Waals surface area contributed by atoms with Gasteiger partial charge in [-0.05, 0) is 56.4 Å². The van der Waals surface area contributed by atoms with E-state index in [4.69, 9.17) is 4.74 Å². The molecule has 0 radical (unpaired) electrons. The Morgan fingerprint density at radius 2 is 2.15 bits per heavy atom. The first-order valence-corrected chi connectivity index (χ1v) is 9.14. The SMILES string of the molecule is Cc1ccnc(Oc2cc(NC(=O)C3CCCc4[nH]ncc43)ccc2C)c1. The molecule has 0 saturated carbocycles. The van der Waals surface area contributed by atoms with Gasteiger partial charge >= 0.3 is 0 Å². The molecule has 1 aliphatic carbocycles. The van der Waals surface area contributed by atoms with E-state index in [0.29, 0.717) is 17.3 Å². The van der Waals surface area contributed by atoms with E-state index in [1.54, 1.807) is 12.4 Å². The lowest BCUT2D eigenvalue weighted by Gasteiger charge is -2.21. The first kappa shape index (κ1) is 17.3. The topological polar surface area (TPSA) is 79.9 Å². The van der Waals surface area contributed by atoms with E-state index < -0.39 is 0 Å². The van der Waals surface area contributed by atoms with Crippen molar-refractivity contribution >= 4 is 11.6 Å². The summed E-state index contributed by atoms with van der Waals surface area (Å²) >= 11 is 0. The van der Waals surface area contributed by atoms with Crippen LogP contribution in [-0.2, 0) is 11.2 Å². The van der Waals surface area contributed by atoms with Gasteiger partial charge in [-0.15, -0.1) is 0 Å². The van der Waals surface area contributed by atoms with Crippen LogP contribution in [-0.4, -0.2) is 21.1 Å². The first-order valence-electron chi connectivity index (χ1n) is 9.14. The van der Waals surface area contributed by atoms with Gasteiger partial charge < -0.3 is 10.1 Å². The second-order valence-corrected chi connectivity index (χ2v) is 6.99. The number of nitrogens with one attached hydrogen (secondary N) is 2. The molecule has 6 heteroatoms. The van der Waals surface area contributed by atoms with Gasteiger partial charge in [-0.3, -0.25) is 9.89 Å². The highest BCUT2D eigenvalue weighted by molar-refractivity contribution is 5.96. The number of ether oxygens (including phenoxy) is 1. The summed E-state index contributed by atoms with van der Waals surface area (Å²) < 4.78 is 5.92. The van der Waals surface area contributed by atoms with Gasteiger partial charge in [-0.25, -0.2) is 4.98 Å². The lowest BCUT2D eigenvalue weighted by atomic mass is 9.86. The van der Waals surface area contributed by atoms with Crippen LogP contribution in [0.2, 0.25) is 0 Å². The number of nitrogens with zero attached hydrogens (tertiary/aromatic N) is 2. The van der Waals surface area contributed by atoms with Gasteiger partial charge in [0.1, 0.15) is 5.75 Å². The van der Waals surface area contributed by atoms with Gasteiger partial charge in [0.05, 0.1) is 12.1 Å². The van der Waals surface area contributed by atoms with Crippen LogP contribution in [0, 0.1) is 13.8 Å². The minimum Gasteiger partial charge on any atom is -0.439 e. The van der Waals surface area contributed by atoms with Crippen molar-refractivity contribution in [1.29, 1.82) is 0 Å². The largest absolute Gasteiger partial charge is 0.439 e. The van der Waals surface area contributed by atoms with E-state index in [0.717, 1.165) is 41.6 Å². The highest BCUT2D eigenvalue weighted by Gasteiger charge is 2.28. The normalized spacial score (nSPS) is 15.9. The molecule has 138 valence electrons. The van der Waals surface area contributed by atoms with Crippen molar-refractivity contribution in [3.63, 3.8) is 0 Å². The maximum absolute atomic E-state index is 12.8. The van der Waals surface area contributed by atoms with Crippen LogP contribution in [0.5, 0.6) is 11.6 Å². The number of amides is 1. The van der Waals surface area contributed by atoms with E-state index >= 15 is 0 Å². The van der Waals surface area contributed by atoms with Gasteiger partial charge in [0, 0.05) is 35.3 Å². The third-order valence-corrected chi connectivity index (χ3v) is 4.92. The predicted molar refractivity (Wildman–Crippen MR) is 103 cm³/mol. The molecule has 0 fully saturated rings. The zero-order valence-electron chi connectivity index (χ0n) is 15.5. The van der Waals surface area contributed by atoms with Crippen LogP contribution in [0.15, 0.2) is 42.7 Å². The van der Waals surface area contributed by atoms with Crippen LogP contribution in [0.1, 0.15) is 41.1 Å². The number of fused-ring (bicyclic) bond motifs is 1. The van der Waals surface area contributed by atoms with Crippen molar-refractivity contribution in [2.75, 3.05) is 5.32 Å². The Morgan fingerprint density at radius 3 is 3.00 bits per heavy atom. The third kappa shape index (κ3) is 3.69. The molecule has 2 heterocycles. The summed E-state index contributed by atoms with van der Waals surface area (Å²) in [5.41, 5.74) is 4.84. The molecule has 0 aliphatic heterocycles. The summed E-state index contributed by atoms with van der Waals surface area (Å²) in [7, 11) is 0. The van der Waals surface area contributed by atoms with Gasteiger partial charge in [-0.1, -0.05) is 6.07 Å². The molecule has 1 aliphatic rings. The number of aryl methyl sites for hydroxylation is 3. The molecule has 3 aromatic rings. The Balaban J connectivity index is 1.52. The Labute approximate surface area is 158 Å². The number of aromatic amines is 1. The minimum absolute atomic E-state index is 0.0131. The number of carbonyl (C=O) groups excluding carboxylic acids is 1. The van der Waals surface area contributed by atoms with Crippen LogP contribution < -0.4 is 10.1 Å². The number of benzene rings is 1. The monoisotopic (exact) mass is 362 g/mol. The van der Waals surface area contributed by atoms with E-state index in [1.165, 1.54) is 0 Å². The lowest BCUT2D eigenvalue weighted by Crippen LogP contribution is -2.24. The number of hydrogen-bond acceptors (Lipinski definition) is 4. The van der Waals surface area contributed by atoms with Gasteiger partial charge in [0.25, 0.3) is 0 Å². The standard InChI is InChI=1S/C21H22N4O2/c1-13-8-9-22-20(10-13)27-19-11-15(7-6-14(19)2)24-21(26)16-4-3-5-18-17(16)12-23-25-18/h6-12,16H,3-5H2,1-2H3,(H,23,25)(H,24,26). The molecule has 0 spiro atoms. The molecular weight excluding hydrogens is 340 g/mol. The van der Waals surface area contributed by atoms with Crippen LogP contribution in [0.3, 0.4) is 0 Å². The van der Waals surface area contributed by atoms with Gasteiger partial charge in [0.2, 0.25) is 11.8 Å². The number of pyridine rings is 1. The Bertz CT molecular complexity index is 980. The molecule has 0 saturated heterocycles. The zero-order valence-corrected chi connectivity index (χ0v) is 15.5. The maximum Gasteiger partial charge on any atom is 0.232 e. The maximum atomic E-state index is 12.8. The quantitative estimate of drug-likeness (QED) is 0.726. The summed E-state index contributed by atoms with van der Waals surface area (Å²) in [5.74, 6) is 1.04. The average Bonchev–Trinajstić information content (AvgIpc) is 3.13. The van der Waals surface area contributed by atoms with E-state index in [2.05, 4.69) is 20.5 Å². The van der Waals surface area contributed by atoms with Crippen molar-refractivity contribution < 1.29 is 9.53 Å². The minimum atomic E-state index is -0.170. The van der Waals surface area contributed by atoms with Crippen LogP contribution in [0.4, 0.5) is 5.69 Å². The summed E-state index contributed by atoms with van der Waals surface area (Å²) in [5, 5.41) is 10.1. The molecule has 1 atom stereocenters. The fourth-order valence-corrected chi connectivity index (χ4v) is 3.43. The van der Waals surface area contributed by atoms with E-state index in [9.17, 15) is 4.79 Å². The summed E-state index contributed by atoms with van der Waals surface area (Å²) in [6.45, 7) is 3.96. The molecule has 2 N–H and O–H groups in total. The molecule has 0 bridgehead atoms. The number of anilines is 1. The van der Waals surface area contributed by atoms with Crippen molar-refractivity contribution in [3.05, 3.63) is 65.1 Å². The molecule has 1 aromatic carbocycles. The second-order valence-electron chi connectivity index (χ2n) is 6.99. The van der Waals surface area contributed by atoms with Crippen molar-refractivity contribution in [2.45, 2.75) is 39.0 Å². The highest BCUT2D eigenvalue weighted by Crippen LogP contribution is 2.32. The highest BCUT2D eigenvalue weighted by atomic mass is 16.5. The molecule has 1 amide bonds. The van der Waals surface area contributed by atoms with Crippen LogP contribution in [0.25, 0.3) is 0 Å². The summed E-state index contributed by atoms with van der Waals surface area (Å²) in [6.07, 6.45) is 6.25. The van der Waals surface area contributed by atoms with Gasteiger partial charge in [-0.2, -0.15) is 5.10 Å². The fraction of sp³-hybridized carbons (Fsp3) is 0.286. The third-order valence-electron chi connectivity index (χ3n) is 4.92. The van der Waals surface area contributed by atoms with E-state index in [1.807, 2.05) is 44.2 Å². The number of rotatable bonds is 4. The molecule has 1 unspecified atom stereocenters. The lowest BCUT2D eigenvalue weighted by molar-refractivity contribution is -0.117. The Hall–Kier alpha value is -3.15. The first-order chi connectivity index (χ1) is 13.1. The molecule has 6 nitrogen and oxygen atoms in total. The Morgan fingerprint density at radius 1 is 1.26 bits per heavy atom. The molecule has 2 aromatic heterocycles. The summed E-state index contributed by atoms with van der Waals surface area (Å²) in [6, 6.07) is 9.47. The van der Waals surface area contributed by atoms with Crippen molar-refractivity contribution in [2.24, 2.45) is 0 Å². The predicted octanol–water partition coefficient (Wildman–Crippen LogP) is 4.27. The molecule has 4 rings (SSSR count). The molecular formula is C21H22N4O2. The van der Waals surface area contributed by atoms with E-state index in [-0.39, 0.29) is 11.8 Å². The molecule has 27 heavy (non-hydrogen) atoms.